The maximum atomic E-state index is 12.8. The first kappa shape index (κ1) is 18.3. The Bertz CT molecular complexity index is 1220. The zero-order valence-electron chi connectivity index (χ0n) is 15.4. The molecule has 0 spiro atoms. The molecular weight excluding hydrogens is 374 g/mol. The monoisotopic (exact) mass is 389 g/mol. The summed E-state index contributed by atoms with van der Waals surface area (Å²) in [5, 5.41) is 15.3. The highest BCUT2D eigenvalue weighted by atomic mass is 16.6. The quantitative estimate of drug-likeness (QED) is 0.281. The molecule has 2 aromatic heterocycles. The highest BCUT2D eigenvalue weighted by Gasteiger charge is 2.20. The van der Waals surface area contributed by atoms with Gasteiger partial charge in [-0.3, -0.25) is 10.1 Å². The molecule has 8 nitrogen and oxygen atoms in total. The highest BCUT2D eigenvalue weighted by molar-refractivity contribution is 6.04. The first-order valence-corrected chi connectivity index (χ1v) is 8.76. The number of hydrogen-bond donors (Lipinski definition) is 0. The van der Waals surface area contributed by atoms with Crippen LogP contribution in [0.5, 0.6) is 0 Å². The summed E-state index contributed by atoms with van der Waals surface area (Å²) in [5.41, 5.74) is 2.86. The number of pyridine rings is 1. The molecule has 29 heavy (non-hydrogen) atoms. The number of fused-ring (bicyclic) bond motifs is 1. The molecule has 2 heterocycles. The number of aromatic nitrogens is 2. The maximum Gasteiger partial charge on any atom is 0.339 e. The average molecular weight is 389 g/mol. The summed E-state index contributed by atoms with van der Waals surface area (Å²) in [6.07, 6.45) is 0. The third kappa shape index (κ3) is 3.68. The fourth-order valence-corrected chi connectivity index (χ4v) is 3.00. The Morgan fingerprint density at radius 2 is 1.93 bits per heavy atom. The van der Waals surface area contributed by atoms with Gasteiger partial charge in [-0.05, 0) is 18.6 Å². The van der Waals surface area contributed by atoms with E-state index in [4.69, 9.17) is 9.26 Å². The average Bonchev–Trinajstić information content (AvgIpc) is 3.13. The number of rotatable bonds is 5. The van der Waals surface area contributed by atoms with Crippen LogP contribution in [0.3, 0.4) is 0 Å². The molecule has 0 N–H and O–H groups in total. The van der Waals surface area contributed by atoms with Gasteiger partial charge in [0.1, 0.15) is 6.61 Å². The van der Waals surface area contributed by atoms with Gasteiger partial charge in [-0.15, -0.1) is 0 Å². The van der Waals surface area contributed by atoms with E-state index in [9.17, 15) is 14.9 Å². The molecule has 0 atom stereocenters. The van der Waals surface area contributed by atoms with Crippen molar-refractivity contribution in [3.05, 3.63) is 87.6 Å². The fourth-order valence-electron chi connectivity index (χ4n) is 3.00. The van der Waals surface area contributed by atoms with E-state index in [1.165, 1.54) is 12.1 Å². The van der Waals surface area contributed by atoms with Crippen molar-refractivity contribution in [2.75, 3.05) is 0 Å². The molecule has 4 rings (SSSR count). The molecule has 4 aromatic rings. The van der Waals surface area contributed by atoms with Gasteiger partial charge in [-0.25, -0.2) is 9.78 Å². The number of ether oxygens (including phenoxy) is 1. The number of hydrogen-bond acceptors (Lipinski definition) is 7. The van der Waals surface area contributed by atoms with Gasteiger partial charge in [0.25, 0.3) is 11.4 Å². The lowest BCUT2D eigenvalue weighted by Crippen LogP contribution is -2.07. The van der Waals surface area contributed by atoms with E-state index in [0.717, 1.165) is 5.56 Å². The molecule has 0 unspecified atom stereocenters. The summed E-state index contributed by atoms with van der Waals surface area (Å²) in [6.45, 7) is 1.61. The van der Waals surface area contributed by atoms with Crippen molar-refractivity contribution >= 4 is 22.8 Å². The van der Waals surface area contributed by atoms with Crippen LogP contribution < -0.4 is 0 Å². The standard InChI is InChI=1S/C21H15N3O5/c1-13-19-17(21(25)28-12-14-6-5-9-16(10-14)24(26)27)11-18(22-20(19)29-23-13)15-7-3-2-4-8-15/h2-11H,12H2,1H3. The Balaban J connectivity index is 1.67. The second-order valence-corrected chi connectivity index (χ2v) is 6.37. The van der Waals surface area contributed by atoms with Crippen molar-refractivity contribution in [1.82, 2.24) is 10.1 Å². The maximum absolute atomic E-state index is 12.8. The van der Waals surface area contributed by atoms with Gasteiger partial charge >= 0.3 is 5.97 Å². The molecular formula is C21H15N3O5. The van der Waals surface area contributed by atoms with Crippen LogP contribution in [0.15, 0.2) is 65.2 Å². The van der Waals surface area contributed by atoms with Crippen LogP contribution in [0.25, 0.3) is 22.4 Å². The smallest absolute Gasteiger partial charge is 0.339 e. The van der Waals surface area contributed by atoms with E-state index in [0.29, 0.717) is 22.3 Å². The van der Waals surface area contributed by atoms with Crippen LogP contribution >= 0.6 is 0 Å². The van der Waals surface area contributed by atoms with Crippen LogP contribution in [0.2, 0.25) is 0 Å². The zero-order chi connectivity index (χ0) is 20.4. The second-order valence-electron chi connectivity index (χ2n) is 6.37. The lowest BCUT2D eigenvalue weighted by Gasteiger charge is -2.08. The Morgan fingerprint density at radius 3 is 2.69 bits per heavy atom. The Hall–Kier alpha value is -4.07. The van der Waals surface area contributed by atoms with Crippen LogP contribution in [-0.2, 0) is 11.3 Å². The lowest BCUT2D eigenvalue weighted by molar-refractivity contribution is -0.384. The summed E-state index contributed by atoms with van der Waals surface area (Å²) in [4.78, 5) is 27.7. The molecule has 0 aliphatic heterocycles. The molecule has 0 saturated heterocycles. The van der Waals surface area contributed by atoms with Gasteiger partial charge in [-0.2, -0.15) is 0 Å². The van der Waals surface area contributed by atoms with Crippen LogP contribution in [0.1, 0.15) is 21.6 Å². The van der Waals surface area contributed by atoms with E-state index >= 15 is 0 Å². The number of benzene rings is 2. The first-order valence-electron chi connectivity index (χ1n) is 8.76. The van der Waals surface area contributed by atoms with Crippen molar-refractivity contribution < 1.29 is 19.0 Å². The van der Waals surface area contributed by atoms with E-state index in [1.807, 2.05) is 30.3 Å². The second kappa shape index (κ2) is 7.51. The molecule has 0 saturated carbocycles. The van der Waals surface area contributed by atoms with Crippen molar-refractivity contribution in [2.24, 2.45) is 0 Å². The lowest BCUT2D eigenvalue weighted by atomic mass is 10.1. The molecule has 8 heteroatoms. The van der Waals surface area contributed by atoms with Crippen molar-refractivity contribution in [3.63, 3.8) is 0 Å². The van der Waals surface area contributed by atoms with Crippen molar-refractivity contribution in [2.45, 2.75) is 13.5 Å². The third-order valence-corrected chi connectivity index (χ3v) is 4.40. The summed E-state index contributed by atoms with van der Waals surface area (Å²) < 4.78 is 10.7. The van der Waals surface area contributed by atoms with Gasteiger partial charge in [0.2, 0.25) is 0 Å². The largest absolute Gasteiger partial charge is 0.457 e. The van der Waals surface area contributed by atoms with Gasteiger partial charge in [0.05, 0.1) is 27.3 Å². The molecule has 0 bridgehead atoms. The minimum atomic E-state index is -0.590. The summed E-state index contributed by atoms with van der Waals surface area (Å²) in [5.74, 6) is -0.590. The Labute approximate surface area is 164 Å². The molecule has 0 radical (unpaired) electrons. The van der Waals surface area contributed by atoms with Gasteiger partial charge in [0.15, 0.2) is 0 Å². The molecule has 0 fully saturated rings. The SMILES string of the molecule is Cc1noc2nc(-c3ccccc3)cc(C(=O)OCc3cccc([N+](=O)[O-])c3)c12. The number of nitro benzene ring substituents is 1. The number of nitro groups is 1. The van der Waals surface area contributed by atoms with Crippen LogP contribution in [0.4, 0.5) is 5.69 Å². The fraction of sp³-hybridized carbons (Fsp3) is 0.0952. The van der Waals surface area contributed by atoms with E-state index in [2.05, 4.69) is 10.1 Å². The van der Waals surface area contributed by atoms with Gasteiger partial charge < -0.3 is 9.26 Å². The van der Waals surface area contributed by atoms with Crippen LogP contribution in [0, 0.1) is 17.0 Å². The first-order chi connectivity index (χ1) is 14.0. The van der Waals surface area contributed by atoms with Gasteiger partial charge in [0, 0.05) is 17.7 Å². The minimum Gasteiger partial charge on any atom is -0.457 e. The third-order valence-electron chi connectivity index (χ3n) is 4.40. The molecule has 0 amide bonds. The molecule has 144 valence electrons. The number of non-ortho nitro benzene ring substituents is 1. The van der Waals surface area contributed by atoms with Crippen LogP contribution in [-0.4, -0.2) is 21.0 Å². The zero-order valence-corrected chi connectivity index (χ0v) is 15.4. The van der Waals surface area contributed by atoms with E-state index in [-0.39, 0.29) is 23.6 Å². The number of nitrogens with zero attached hydrogens (tertiary/aromatic N) is 3. The predicted octanol–water partition coefficient (Wildman–Crippen LogP) is 4.46. The molecule has 0 aliphatic carbocycles. The number of carbonyl (C=O) groups excluding carboxylic acids is 1. The van der Waals surface area contributed by atoms with Crippen molar-refractivity contribution in [1.29, 1.82) is 0 Å². The topological polar surface area (TPSA) is 108 Å². The summed E-state index contributed by atoms with van der Waals surface area (Å²) in [7, 11) is 0. The van der Waals surface area contributed by atoms with Gasteiger partial charge in [-0.1, -0.05) is 47.6 Å². The minimum absolute atomic E-state index is 0.0638. The summed E-state index contributed by atoms with van der Waals surface area (Å²) in [6, 6.07) is 16.9. The number of esters is 1. The number of carbonyl (C=O) groups is 1. The van der Waals surface area contributed by atoms with Crippen molar-refractivity contribution in [3.8, 4) is 11.3 Å². The predicted molar refractivity (Wildman–Crippen MR) is 104 cm³/mol. The van der Waals surface area contributed by atoms with E-state index < -0.39 is 10.9 Å². The molecule has 0 aliphatic rings. The summed E-state index contributed by atoms with van der Waals surface area (Å²) >= 11 is 0. The Kier molecular flexibility index (Phi) is 4.74. The number of aryl methyl sites for hydroxylation is 1. The molecule has 2 aromatic carbocycles. The Morgan fingerprint density at radius 1 is 1.14 bits per heavy atom. The highest BCUT2D eigenvalue weighted by Crippen LogP contribution is 2.27. The normalized spacial score (nSPS) is 10.8. The van der Waals surface area contributed by atoms with E-state index in [1.54, 1.807) is 25.1 Å².